The lowest BCUT2D eigenvalue weighted by Gasteiger charge is -2.14. The minimum Gasteiger partial charge on any atom is -0.465 e. The zero-order valence-corrected chi connectivity index (χ0v) is 15.5. The molecule has 1 N–H and O–H groups in total. The highest BCUT2D eigenvalue weighted by molar-refractivity contribution is 6.18. The van der Waals surface area contributed by atoms with E-state index in [2.05, 4.69) is 9.73 Å². The van der Waals surface area contributed by atoms with E-state index in [4.69, 9.17) is 0 Å². The van der Waals surface area contributed by atoms with Gasteiger partial charge in [-0.05, 0) is 12.5 Å². The van der Waals surface area contributed by atoms with Crippen molar-refractivity contribution in [3.63, 3.8) is 0 Å². The number of carbonyl (C=O) groups excluding carboxylic acids is 2. The summed E-state index contributed by atoms with van der Waals surface area (Å²) in [6.07, 6.45) is 0.659. The van der Waals surface area contributed by atoms with Gasteiger partial charge in [-0.1, -0.05) is 30.3 Å². The molecule has 2 atom stereocenters. The van der Waals surface area contributed by atoms with Crippen LogP contribution in [0.5, 0.6) is 0 Å². The Bertz CT molecular complexity index is 936. The van der Waals surface area contributed by atoms with Gasteiger partial charge in [-0.3, -0.25) is 14.6 Å². The van der Waals surface area contributed by atoms with Crippen LogP contribution in [0, 0.1) is 35.0 Å². The Morgan fingerprint density at radius 1 is 1.00 bits per heavy atom. The lowest BCUT2D eigenvalue weighted by molar-refractivity contribution is -0.144. The topological polar surface area (TPSA) is 76.0 Å². The van der Waals surface area contributed by atoms with Gasteiger partial charge < -0.3 is 9.84 Å². The third-order valence-corrected chi connectivity index (χ3v) is 4.05. The highest BCUT2D eigenvalue weighted by atomic mass is 19.2. The molecule has 0 radical (unpaired) electrons. The maximum atomic E-state index is 14.0. The summed E-state index contributed by atoms with van der Waals surface area (Å²) in [7, 11) is 0. The summed E-state index contributed by atoms with van der Waals surface area (Å²) in [5.74, 6) is -17.0. The number of aliphatic imine (C=N–C) groups is 1. The Labute approximate surface area is 167 Å². The van der Waals surface area contributed by atoms with Crippen LogP contribution in [0.4, 0.5) is 22.0 Å². The van der Waals surface area contributed by atoms with E-state index in [9.17, 15) is 36.6 Å². The quantitative estimate of drug-likeness (QED) is 0.132. The number of carbonyl (C=O) groups is 2. The van der Waals surface area contributed by atoms with E-state index in [0.29, 0.717) is 11.8 Å². The minimum atomic E-state index is -2.44. The molecule has 0 aromatic heterocycles. The molecule has 2 aromatic carbocycles. The van der Waals surface area contributed by atoms with Crippen LogP contribution < -0.4 is 0 Å². The van der Waals surface area contributed by atoms with Crippen LogP contribution in [0.2, 0.25) is 0 Å². The molecule has 0 spiro atoms. The fraction of sp³-hybridized carbons (Fsp3) is 0.250. The second kappa shape index (κ2) is 10.1. The number of Topliss-reactive ketones (excluding diaryl/α,β-unsaturated/α-hetero) is 1. The largest absolute Gasteiger partial charge is 0.465 e. The molecule has 0 fully saturated rings. The molecule has 5 nitrogen and oxygen atoms in total. The first-order valence-electron chi connectivity index (χ1n) is 8.65. The van der Waals surface area contributed by atoms with Crippen LogP contribution in [0.3, 0.4) is 0 Å². The summed E-state index contributed by atoms with van der Waals surface area (Å²) < 4.78 is 72.9. The maximum absolute atomic E-state index is 14.0. The Kier molecular flexibility index (Phi) is 7.76. The van der Waals surface area contributed by atoms with Crippen LogP contribution >= 0.6 is 0 Å². The maximum Gasteiger partial charge on any atom is 0.322 e. The van der Waals surface area contributed by atoms with Crippen molar-refractivity contribution in [2.75, 3.05) is 13.2 Å². The van der Waals surface area contributed by atoms with Gasteiger partial charge in [-0.2, -0.15) is 0 Å². The number of benzene rings is 2. The van der Waals surface area contributed by atoms with Gasteiger partial charge in [0.2, 0.25) is 5.82 Å². The molecular weight excluding hydrogens is 413 g/mol. The van der Waals surface area contributed by atoms with Crippen LogP contribution in [0.1, 0.15) is 28.9 Å². The van der Waals surface area contributed by atoms with Gasteiger partial charge in [-0.25, -0.2) is 22.0 Å². The lowest BCUT2D eigenvalue weighted by atomic mass is 9.96. The van der Waals surface area contributed by atoms with Crippen LogP contribution in [-0.2, 0) is 9.53 Å². The second-order valence-corrected chi connectivity index (χ2v) is 5.95. The molecule has 10 heteroatoms. The molecule has 0 aliphatic rings. The van der Waals surface area contributed by atoms with Gasteiger partial charge >= 0.3 is 5.97 Å². The summed E-state index contributed by atoms with van der Waals surface area (Å²) in [5.41, 5.74) is -1.29. The normalized spacial score (nSPS) is 13.3. The Hall–Kier alpha value is -3.14. The van der Waals surface area contributed by atoms with Crippen molar-refractivity contribution >= 4 is 18.0 Å². The number of esters is 1. The van der Waals surface area contributed by atoms with Gasteiger partial charge in [0.1, 0.15) is 0 Å². The second-order valence-electron chi connectivity index (χ2n) is 5.95. The van der Waals surface area contributed by atoms with Crippen LogP contribution in [0.25, 0.3) is 0 Å². The van der Waals surface area contributed by atoms with E-state index in [0.717, 1.165) is 0 Å². The van der Waals surface area contributed by atoms with Crippen molar-refractivity contribution in [1.82, 2.24) is 0 Å². The fourth-order valence-corrected chi connectivity index (χ4v) is 2.55. The molecule has 0 amide bonds. The van der Waals surface area contributed by atoms with Crippen LogP contribution in [-0.4, -0.2) is 36.3 Å². The molecule has 0 saturated heterocycles. The average Bonchev–Trinajstić information content (AvgIpc) is 2.74. The van der Waals surface area contributed by atoms with E-state index < -0.39 is 65.0 Å². The number of aliphatic hydroxyl groups excluding tert-OH is 1. The number of nitrogens with zero attached hydrogens (tertiary/aromatic N) is 1. The third kappa shape index (κ3) is 4.70. The summed E-state index contributed by atoms with van der Waals surface area (Å²) in [5, 5.41) is 9.51. The minimum absolute atomic E-state index is 0.227. The van der Waals surface area contributed by atoms with Crippen molar-refractivity contribution in [1.29, 1.82) is 0 Å². The van der Waals surface area contributed by atoms with E-state index in [1.54, 1.807) is 30.3 Å². The summed E-state index contributed by atoms with van der Waals surface area (Å²) in [6, 6.07) is 7.18. The van der Waals surface area contributed by atoms with Crippen molar-refractivity contribution in [3.8, 4) is 0 Å². The molecule has 160 valence electrons. The first-order chi connectivity index (χ1) is 14.2. The number of hydrogen-bond donors (Lipinski definition) is 1. The molecule has 1 unspecified atom stereocenters. The fourth-order valence-electron chi connectivity index (χ4n) is 2.55. The summed E-state index contributed by atoms with van der Waals surface area (Å²) >= 11 is 0. The SMILES string of the molecule is CCOC(=O)C(C=N[C@@H](CO)c1ccccc1)C(=O)c1c(F)c(F)c(F)c(F)c1F. The molecular formula is C20H16F5NO4. The first kappa shape index (κ1) is 23.1. The Morgan fingerprint density at radius 2 is 1.53 bits per heavy atom. The molecule has 0 aliphatic heterocycles. The van der Waals surface area contributed by atoms with Crippen molar-refractivity contribution in [3.05, 3.63) is 70.5 Å². The van der Waals surface area contributed by atoms with Crippen molar-refractivity contribution in [2.24, 2.45) is 10.9 Å². The van der Waals surface area contributed by atoms with Crippen molar-refractivity contribution in [2.45, 2.75) is 13.0 Å². The molecule has 0 bridgehead atoms. The number of halogens is 5. The standard InChI is InChI=1S/C20H16F5NO4/c1-2-30-20(29)11(8-26-12(9-27)10-6-4-3-5-7-10)19(28)13-14(21)16(23)18(25)17(24)15(13)22/h3-8,11-12,27H,2,9H2,1H3/t11?,12-/m0/s1. The van der Waals surface area contributed by atoms with Gasteiger partial charge in [0.25, 0.3) is 0 Å². The van der Waals surface area contributed by atoms with E-state index in [1.165, 1.54) is 6.92 Å². The number of ketones is 1. The molecule has 2 rings (SSSR count). The van der Waals surface area contributed by atoms with Gasteiger partial charge in [0.05, 0.1) is 24.8 Å². The summed E-state index contributed by atoms with van der Waals surface area (Å²) in [6.45, 7) is 0.609. The predicted molar refractivity (Wildman–Crippen MR) is 95.4 cm³/mol. The Morgan fingerprint density at radius 3 is 2.03 bits per heavy atom. The van der Waals surface area contributed by atoms with E-state index in [-0.39, 0.29) is 6.61 Å². The molecule has 0 heterocycles. The average molecular weight is 429 g/mol. The molecule has 2 aromatic rings. The number of rotatable bonds is 8. The zero-order chi connectivity index (χ0) is 22.4. The molecule has 0 aliphatic carbocycles. The van der Waals surface area contributed by atoms with E-state index >= 15 is 0 Å². The van der Waals surface area contributed by atoms with Crippen LogP contribution in [0.15, 0.2) is 35.3 Å². The van der Waals surface area contributed by atoms with Gasteiger partial charge in [0, 0.05) is 6.21 Å². The smallest absolute Gasteiger partial charge is 0.322 e. The third-order valence-electron chi connectivity index (χ3n) is 4.05. The highest BCUT2D eigenvalue weighted by Gasteiger charge is 2.36. The summed E-state index contributed by atoms with van der Waals surface area (Å²) in [4.78, 5) is 28.6. The predicted octanol–water partition coefficient (Wildman–Crippen LogP) is 3.55. The zero-order valence-electron chi connectivity index (χ0n) is 15.5. The lowest BCUT2D eigenvalue weighted by Crippen LogP contribution is -2.30. The molecule has 0 saturated carbocycles. The highest BCUT2D eigenvalue weighted by Crippen LogP contribution is 2.26. The Balaban J connectivity index is 2.50. The van der Waals surface area contributed by atoms with Crippen molar-refractivity contribution < 1.29 is 41.4 Å². The number of hydrogen-bond acceptors (Lipinski definition) is 5. The van der Waals surface area contributed by atoms with Gasteiger partial charge in [0.15, 0.2) is 35.0 Å². The number of aliphatic hydroxyl groups is 1. The van der Waals surface area contributed by atoms with E-state index in [1.807, 2.05) is 0 Å². The number of ether oxygens (including phenoxy) is 1. The van der Waals surface area contributed by atoms with Gasteiger partial charge in [-0.15, -0.1) is 0 Å². The monoisotopic (exact) mass is 429 g/mol. The molecule has 30 heavy (non-hydrogen) atoms. The first-order valence-corrected chi connectivity index (χ1v) is 8.65.